The van der Waals surface area contributed by atoms with Gasteiger partial charge in [0.25, 0.3) is 0 Å². The standard InChI is InChI=1S/C14H23FN2O2/c1-4-12(13-8-7-11(15)9-16-13)17-10-14(18-5-2)19-6-3/h7-9,12,14,17H,4-6,10H2,1-3H3. The molecule has 1 N–H and O–H groups in total. The molecule has 19 heavy (non-hydrogen) atoms. The Kier molecular flexibility index (Phi) is 7.55. The number of halogens is 1. The summed E-state index contributed by atoms with van der Waals surface area (Å²) < 4.78 is 23.8. The summed E-state index contributed by atoms with van der Waals surface area (Å²) in [7, 11) is 0. The first-order chi connectivity index (χ1) is 9.21. The molecule has 0 saturated carbocycles. The minimum absolute atomic E-state index is 0.0732. The van der Waals surface area contributed by atoms with Crippen molar-refractivity contribution in [3.05, 3.63) is 29.8 Å². The Hall–Kier alpha value is -1.04. The minimum atomic E-state index is -0.319. The fourth-order valence-corrected chi connectivity index (χ4v) is 1.83. The maximum atomic E-state index is 12.8. The Balaban J connectivity index is 2.53. The molecule has 1 aromatic rings. The van der Waals surface area contributed by atoms with Crippen molar-refractivity contribution in [3.63, 3.8) is 0 Å². The maximum absolute atomic E-state index is 12.8. The molecular formula is C14H23FN2O2. The molecule has 4 nitrogen and oxygen atoms in total. The molecule has 0 amide bonds. The lowest BCUT2D eigenvalue weighted by Gasteiger charge is -2.22. The van der Waals surface area contributed by atoms with Crippen LogP contribution in [0.1, 0.15) is 38.9 Å². The summed E-state index contributed by atoms with van der Waals surface area (Å²) in [6.07, 6.45) is 1.84. The fraction of sp³-hybridized carbons (Fsp3) is 0.643. The van der Waals surface area contributed by atoms with Crippen molar-refractivity contribution in [2.75, 3.05) is 19.8 Å². The van der Waals surface area contributed by atoms with Crippen LogP contribution in [-0.4, -0.2) is 31.0 Å². The SMILES string of the molecule is CCOC(CNC(CC)c1ccc(F)cn1)OCC. The molecule has 0 aromatic carbocycles. The van der Waals surface area contributed by atoms with Gasteiger partial charge in [0.2, 0.25) is 0 Å². The van der Waals surface area contributed by atoms with Crippen LogP contribution < -0.4 is 5.32 Å². The van der Waals surface area contributed by atoms with E-state index in [0.717, 1.165) is 12.1 Å². The summed E-state index contributed by atoms with van der Waals surface area (Å²) in [4.78, 5) is 4.10. The summed E-state index contributed by atoms with van der Waals surface area (Å²) >= 11 is 0. The van der Waals surface area contributed by atoms with E-state index in [1.165, 1.54) is 12.3 Å². The van der Waals surface area contributed by atoms with E-state index in [1.54, 1.807) is 6.07 Å². The van der Waals surface area contributed by atoms with Gasteiger partial charge in [0.1, 0.15) is 5.82 Å². The van der Waals surface area contributed by atoms with Crippen molar-refractivity contribution < 1.29 is 13.9 Å². The monoisotopic (exact) mass is 270 g/mol. The third-order valence-corrected chi connectivity index (χ3v) is 2.75. The van der Waals surface area contributed by atoms with Crippen LogP contribution in [0.25, 0.3) is 0 Å². The average molecular weight is 270 g/mol. The van der Waals surface area contributed by atoms with Gasteiger partial charge in [-0.1, -0.05) is 6.92 Å². The van der Waals surface area contributed by atoms with Gasteiger partial charge in [-0.3, -0.25) is 4.98 Å². The second-order valence-electron chi connectivity index (χ2n) is 4.11. The second-order valence-corrected chi connectivity index (χ2v) is 4.11. The first-order valence-corrected chi connectivity index (χ1v) is 6.79. The van der Waals surface area contributed by atoms with Gasteiger partial charge >= 0.3 is 0 Å². The number of rotatable bonds is 9. The van der Waals surface area contributed by atoms with E-state index in [1.807, 2.05) is 13.8 Å². The van der Waals surface area contributed by atoms with Gasteiger partial charge < -0.3 is 14.8 Å². The van der Waals surface area contributed by atoms with Crippen molar-refractivity contribution in [1.29, 1.82) is 0 Å². The molecule has 108 valence electrons. The molecule has 0 aliphatic carbocycles. The van der Waals surface area contributed by atoms with Crippen LogP contribution in [-0.2, 0) is 9.47 Å². The van der Waals surface area contributed by atoms with Crippen molar-refractivity contribution in [3.8, 4) is 0 Å². The number of pyridine rings is 1. The number of hydrogen-bond donors (Lipinski definition) is 1. The predicted molar refractivity (Wildman–Crippen MR) is 72.3 cm³/mol. The molecule has 0 aliphatic rings. The lowest BCUT2D eigenvalue weighted by atomic mass is 10.1. The summed E-state index contributed by atoms with van der Waals surface area (Å²) in [5.74, 6) is -0.319. The Morgan fingerprint density at radius 1 is 1.21 bits per heavy atom. The van der Waals surface area contributed by atoms with E-state index in [-0.39, 0.29) is 18.1 Å². The zero-order valence-corrected chi connectivity index (χ0v) is 11.9. The van der Waals surface area contributed by atoms with Gasteiger partial charge in [0, 0.05) is 25.8 Å². The Morgan fingerprint density at radius 3 is 2.37 bits per heavy atom. The predicted octanol–water partition coefficient (Wildman–Crippen LogP) is 2.66. The van der Waals surface area contributed by atoms with Gasteiger partial charge in [0.05, 0.1) is 11.9 Å². The molecule has 1 atom stereocenters. The Bertz CT molecular complexity index is 340. The highest BCUT2D eigenvalue weighted by Crippen LogP contribution is 2.14. The van der Waals surface area contributed by atoms with E-state index in [9.17, 15) is 4.39 Å². The van der Waals surface area contributed by atoms with Crippen LogP contribution in [0.3, 0.4) is 0 Å². The van der Waals surface area contributed by atoms with E-state index >= 15 is 0 Å². The molecular weight excluding hydrogens is 247 g/mol. The Labute approximate surface area is 114 Å². The molecule has 0 radical (unpaired) electrons. The van der Waals surface area contributed by atoms with Crippen molar-refractivity contribution in [2.45, 2.75) is 39.5 Å². The molecule has 1 unspecified atom stereocenters. The first-order valence-electron chi connectivity index (χ1n) is 6.79. The molecule has 1 aromatic heterocycles. The van der Waals surface area contributed by atoms with Gasteiger partial charge in [-0.05, 0) is 32.4 Å². The largest absolute Gasteiger partial charge is 0.352 e. The van der Waals surface area contributed by atoms with Crippen LogP contribution in [0, 0.1) is 5.82 Å². The highest BCUT2D eigenvalue weighted by Gasteiger charge is 2.14. The zero-order chi connectivity index (χ0) is 14.1. The van der Waals surface area contributed by atoms with E-state index in [4.69, 9.17) is 9.47 Å². The van der Waals surface area contributed by atoms with Crippen LogP contribution in [0.15, 0.2) is 18.3 Å². The number of nitrogens with one attached hydrogen (secondary N) is 1. The van der Waals surface area contributed by atoms with Crippen molar-refractivity contribution >= 4 is 0 Å². The molecule has 0 bridgehead atoms. The van der Waals surface area contributed by atoms with Gasteiger partial charge in [-0.2, -0.15) is 0 Å². The number of hydrogen-bond acceptors (Lipinski definition) is 4. The van der Waals surface area contributed by atoms with E-state index in [2.05, 4.69) is 17.2 Å². The molecule has 1 heterocycles. The van der Waals surface area contributed by atoms with Gasteiger partial charge in [-0.25, -0.2) is 4.39 Å². The van der Waals surface area contributed by atoms with Crippen LogP contribution in [0.5, 0.6) is 0 Å². The summed E-state index contributed by atoms with van der Waals surface area (Å²) in [6, 6.07) is 3.20. The van der Waals surface area contributed by atoms with Crippen LogP contribution in [0.2, 0.25) is 0 Å². The van der Waals surface area contributed by atoms with Crippen LogP contribution >= 0.6 is 0 Å². The Morgan fingerprint density at radius 2 is 1.89 bits per heavy atom. The quantitative estimate of drug-likeness (QED) is 0.701. The minimum Gasteiger partial charge on any atom is -0.352 e. The van der Waals surface area contributed by atoms with Crippen molar-refractivity contribution in [1.82, 2.24) is 10.3 Å². The second kappa shape index (κ2) is 8.96. The third-order valence-electron chi connectivity index (χ3n) is 2.75. The molecule has 0 aliphatic heterocycles. The number of nitrogens with zero attached hydrogens (tertiary/aromatic N) is 1. The molecule has 1 rings (SSSR count). The van der Waals surface area contributed by atoms with E-state index < -0.39 is 0 Å². The lowest BCUT2D eigenvalue weighted by Crippen LogP contribution is -2.34. The normalized spacial score (nSPS) is 12.9. The molecule has 0 fully saturated rings. The van der Waals surface area contributed by atoms with Gasteiger partial charge in [0.15, 0.2) is 6.29 Å². The number of aromatic nitrogens is 1. The van der Waals surface area contributed by atoms with Crippen molar-refractivity contribution in [2.24, 2.45) is 0 Å². The fourth-order valence-electron chi connectivity index (χ4n) is 1.83. The molecule has 0 spiro atoms. The highest BCUT2D eigenvalue weighted by molar-refractivity contribution is 5.09. The van der Waals surface area contributed by atoms with E-state index in [0.29, 0.717) is 19.8 Å². The molecule has 5 heteroatoms. The smallest absolute Gasteiger partial charge is 0.169 e. The van der Waals surface area contributed by atoms with Crippen LogP contribution in [0.4, 0.5) is 4.39 Å². The lowest BCUT2D eigenvalue weighted by molar-refractivity contribution is -0.133. The summed E-state index contributed by atoms with van der Waals surface area (Å²) in [5.41, 5.74) is 0.829. The topological polar surface area (TPSA) is 43.4 Å². The zero-order valence-electron chi connectivity index (χ0n) is 11.9. The molecule has 0 saturated heterocycles. The van der Waals surface area contributed by atoms with Gasteiger partial charge in [-0.15, -0.1) is 0 Å². The summed E-state index contributed by atoms with van der Waals surface area (Å²) in [5, 5.41) is 3.34. The maximum Gasteiger partial charge on any atom is 0.169 e. The first kappa shape index (κ1) is 16.0. The summed E-state index contributed by atoms with van der Waals surface area (Å²) in [6.45, 7) is 7.73. The average Bonchev–Trinajstić information content (AvgIpc) is 2.41. The highest BCUT2D eigenvalue weighted by atomic mass is 19.1. The number of ether oxygens (including phenoxy) is 2. The third kappa shape index (κ3) is 5.63.